The van der Waals surface area contributed by atoms with Gasteiger partial charge in [-0.15, -0.1) is 0 Å². The van der Waals surface area contributed by atoms with Gasteiger partial charge in [-0.3, -0.25) is 4.79 Å². The van der Waals surface area contributed by atoms with Gasteiger partial charge in [-0.05, 0) is 48.7 Å². The number of aliphatic hydroxyl groups excluding tert-OH is 1. The summed E-state index contributed by atoms with van der Waals surface area (Å²) in [5, 5.41) is 13.0. The second kappa shape index (κ2) is 8.58. The van der Waals surface area contributed by atoms with Crippen LogP contribution in [0.2, 0.25) is 0 Å². The van der Waals surface area contributed by atoms with Gasteiger partial charge >= 0.3 is 0 Å². The molecule has 2 rings (SSSR count). The van der Waals surface area contributed by atoms with E-state index >= 15 is 0 Å². The lowest BCUT2D eigenvalue weighted by atomic mass is 10.0. The fourth-order valence-electron chi connectivity index (χ4n) is 2.45. The third-order valence-corrected chi connectivity index (χ3v) is 3.94. The van der Waals surface area contributed by atoms with Crippen LogP contribution in [0.4, 0.5) is 8.78 Å². The molecule has 6 heteroatoms. The molecule has 134 valence electrons. The van der Waals surface area contributed by atoms with Crippen LogP contribution < -0.4 is 10.1 Å². The molecule has 0 radical (unpaired) electrons. The van der Waals surface area contributed by atoms with Crippen LogP contribution in [0.25, 0.3) is 0 Å². The molecule has 2 aromatic rings. The highest BCUT2D eigenvalue weighted by Crippen LogP contribution is 2.20. The van der Waals surface area contributed by atoms with Crippen molar-refractivity contribution in [1.82, 2.24) is 5.32 Å². The van der Waals surface area contributed by atoms with Crippen LogP contribution in [-0.4, -0.2) is 24.2 Å². The average molecular weight is 349 g/mol. The highest BCUT2D eigenvalue weighted by molar-refractivity contribution is 5.76. The molecular formula is C19H21F2NO3. The monoisotopic (exact) mass is 349 g/mol. The van der Waals surface area contributed by atoms with E-state index in [9.17, 15) is 18.7 Å². The summed E-state index contributed by atoms with van der Waals surface area (Å²) in [6.45, 7) is 1.70. The van der Waals surface area contributed by atoms with Crippen molar-refractivity contribution < 1.29 is 23.4 Å². The highest BCUT2D eigenvalue weighted by atomic mass is 19.2. The van der Waals surface area contributed by atoms with Gasteiger partial charge in [0.25, 0.3) is 0 Å². The molecule has 0 aliphatic rings. The molecule has 0 saturated heterocycles. The van der Waals surface area contributed by atoms with Gasteiger partial charge in [0.05, 0.1) is 19.3 Å². The van der Waals surface area contributed by atoms with Crippen LogP contribution in [0.15, 0.2) is 42.5 Å². The number of hydrogen-bond acceptors (Lipinski definition) is 3. The van der Waals surface area contributed by atoms with Crippen molar-refractivity contribution in [3.05, 3.63) is 65.2 Å². The number of carbonyl (C=O) groups excluding carboxylic acids is 1. The van der Waals surface area contributed by atoms with Crippen molar-refractivity contribution in [3.8, 4) is 5.75 Å². The molecular weight excluding hydrogens is 328 g/mol. The lowest BCUT2D eigenvalue weighted by Gasteiger charge is -2.21. The van der Waals surface area contributed by atoms with Crippen LogP contribution in [0.3, 0.4) is 0 Å². The number of ether oxygens (including phenoxy) is 1. The summed E-state index contributed by atoms with van der Waals surface area (Å²) >= 11 is 0. The van der Waals surface area contributed by atoms with Gasteiger partial charge < -0.3 is 15.2 Å². The molecule has 2 atom stereocenters. The minimum atomic E-state index is -0.929. The van der Waals surface area contributed by atoms with E-state index in [2.05, 4.69) is 5.32 Å². The van der Waals surface area contributed by atoms with E-state index in [1.165, 1.54) is 6.07 Å². The lowest BCUT2D eigenvalue weighted by molar-refractivity contribution is -0.122. The smallest absolute Gasteiger partial charge is 0.220 e. The molecule has 0 fully saturated rings. The van der Waals surface area contributed by atoms with E-state index in [4.69, 9.17) is 4.74 Å². The second-order valence-electron chi connectivity index (χ2n) is 5.82. The Morgan fingerprint density at radius 2 is 1.84 bits per heavy atom. The van der Waals surface area contributed by atoms with E-state index in [0.717, 1.165) is 12.1 Å². The zero-order valence-corrected chi connectivity index (χ0v) is 14.1. The Kier molecular flexibility index (Phi) is 6.47. The molecule has 25 heavy (non-hydrogen) atoms. The van der Waals surface area contributed by atoms with Crippen LogP contribution in [0, 0.1) is 11.6 Å². The van der Waals surface area contributed by atoms with E-state index in [1.807, 2.05) is 0 Å². The molecule has 0 spiro atoms. The van der Waals surface area contributed by atoms with Crippen molar-refractivity contribution in [2.75, 3.05) is 7.11 Å². The van der Waals surface area contributed by atoms with Gasteiger partial charge in [0.1, 0.15) is 5.75 Å². The number of methoxy groups -OCH3 is 1. The Morgan fingerprint density at radius 3 is 2.44 bits per heavy atom. The number of nitrogens with one attached hydrogen (secondary N) is 1. The Bertz CT molecular complexity index is 719. The van der Waals surface area contributed by atoms with Crippen molar-refractivity contribution in [2.45, 2.75) is 31.9 Å². The first-order valence-corrected chi connectivity index (χ1v) is 7.96. The molecule has 0 aliphatic heterocycles. The summed E-state index contributed by atoms with van der Waals surface area (Å²) in [5.41, 5.74) is 1.20. The molecule has 0 aliphatic carbocycles. The maximum absolute atomic E-state index is 13.1. The molecule has 0 aromatic heterocycles. The van der Waals surface area contributed by atoms with Crippen molar-refractivity contribution in [1.29, 1.82) is 0 Å². The Hall–Kier alpha value is -2.47. The van der Waals surface area contributed by atoms with Gasteiger partial charge in [-0.1, -0.05) is 18.2 Å². The minimum Gasteiger partial charge on any atom is -0.497 e. The van der Waals surface area contributed by atoms with Crippen LogP contribution >= 0.6 is 0 Å². The third kappa shape index (κ3) is 5.26. The Morgan fingerprint density at radius 1 is 1.16 bits per heavy atom. The molecule has 0 saturated carbocycles. The molecule has 0 heterocycles. The molecule has 2 aromatic carbocycles. The summed E-state index contributed by atoms with van der Waals surface area (Å²) in [6.07, 6.45) is -0.461. The quantitative estimate of drug-likeness (QED) is 0.807. The number of aliphatic hydroxyl groups is 1. The predicted octanol–water partition coefficient (Wildman–Crippen LogP) is 3.14. The van der Waals surface area contributed by atoms with E-state index < -0.39 is 23.8 Å². The van der Waals surface area contributed by atoms with Gasteiger partial charge in [-0.25, -0.2) is 8.78 Å². The van der Waals surface area contributed by atoms with Gasteiger partial charge in [-0.2, -0.15) is 0 Å². The molecule has 2 unspecified atom stereocenters. The molecule has 4 nitrogen and oxygen atoms in total. The number of hydrogen-bond donors (Lipinski definition) is 2. The van der Waals surface area contributed by atoms with Crippen LogP contribution in [0.5, 0.6) is 5.75 Å². The molecule has 2 N–H and O–H groups in total. The average Bonchev–Trinajstić information content (AvgIpc) is 2.62. The number of rotatable bonds is 7. The molecule has 1 amide bonds. The summed E-state index contributed by atoms with van der Waals surface area (Å²) in [6, 6.07) is 10.00. The SMILES string of the molecule is COc1ccc(C(O)C(C)NC(=O)CCc2ccc(F)c(F)c2)cc1. The standard InChI is InChI=1S/C19H21F2NO3/c1-12(19(24)14-5-7-15(25-2)8-6-14)22-18(23)10-4-13-3-9-16(20)17(21)11-13/h3,5-9,11-12,19,24H,4,10H2,1-2H3,(H,22,23). The summed E-state index contributed by atoms with van der Waals surface area (Å²) in [4.78, 5) is 12.0. The molecule has 0 bridgehead atoms. The largest absolute Gasteiger partial charge is 0.497 e. The number of benzene rings is 2. The van der Waals surface area contributed by atoms with E-state index in [-0.39, 0.29) is 18.7 Å². The maximum Gasteiger partial charge on any atom is 0.220 e. The highest BCUT2D eigenvalue weighted by Gasteiger charge is 2.18. The van der Waals surface area contributed by atoms with E-state index in [1.54, 1.807) is 38.3 Å². The second-order valence-corrected chi connectivity index (χ2v) is 5.82. The first-order chi connectivity index (χ1) is 11.9. The number of aryl methyl sites for hydroxylation is 1. The third-order valence-electron chi connectivity index (χ3n) is 3.94. The van der Waals surface area contributed by atoms with Crippen molar-refractivity contribution in [3.63, 3.8) is 0 Å². The van der Waals surface area contributed by atoms with Crippen molar-refractivity contribution in [2.24, 2.45) is 0 Å². The summed E-state index contributed by atoms with van der Waals surface area (Å²) < 4.78 is 31.1. The van der Waals surface area contributed by atoms with Crippen LogP contribution in [0.1, 0.15) is 30.6 Å². The van der Waals surface area contributed by atoms with Gasteiger partial charge in [0.2, 0.25) is 5.91 Å². The Labute approximate surface area is 145 Å². The minimum absolute atomic E-state index is 0.116. The zero-order valence-electron chi connectivity index (χ0n) is 14.1. The van der Waals surface area contributed by atoms with Crippen LogP contribution in [-0.2, 0) is 11.2 Å². The summed E-state index contributed by atoms with van der Waals surface area (Å²) in [7, 11) is 1.56. The lowest BCUT2D eigenvalue weighted by Crippen LogP contribution is -2.37. The number of carbonyl (C=O) groups is 1. The van der Waals surface area contributed by atoms with E-state index in [0.29, 0.717) is 16.9 Å². The topological polar surface area (TPSA) is 58.6 Å². The summed E-state index contributed by atoms with van der Waals surface area (Å²) in [5.74, 6) is -1.44. The van der Waals surface area contributed by atoms with Gasteiger partial charge in [0.15, 0.2) is 11.6 Å². The van der Waals surface area contributed by atoms with Gasteiger partial charge in [0, 0.05) is 6.42 Å². The fourth-order valence-corrected chi connectivity index (χ4v) is 2.45. The predicted molar refractivity (Wildman–Crippen MR) is 90.2 cm³/mol. The van der Waals surface area contributed by atoms with Crippen molar-refractivity contribution >= 4 is 5.91 Å². The number of amides is 1. The number of halogens is 2. The fraction of sp³-hybridized carbons (Fsp3) is 0.316. The normalized spacial score (nSPS) is 13.2. The maximum atomic E-state index is 13.1. The first kappa shape index (κ1) is 18.9. The first-order valence-electron chi connectivity index (χ1n) is 7.96. The Balaban J connectivity index is 1.86. The zero-order chi connectivity index (χ0) is 18.4.